The maximum atomic E-state index is 13.4. The summed E-state index contributed by atoms with van der Waals surface area (Å²) >= 11 is 0. The monoisotopic (exact) mass is 393 g/mol. The van der Waals surface area contributed by atoms with Gasteiger partial charge in [-0.05, 0) is 63.4 Å². The number of hydrogen-bond acceptors (Lipinski definition) is 4. The molecule has 0 aromatic heterocycles. The minimum absolute atomic E-state index is 0.0491. The molecule has 1 saturated heterocycles. The Hall–Kier alpha value is -1.65. The molecule has 1 aromatic carbocycles. The molecule has 6 atom stereocenters. The molecule has 29 heavy (non-hydrogen) atoms. The number of nitrogens with zero attached hydrogens (tertiary/aromatic N) is 1. The quantitative estimate of drug-likeness (QED) is 0.733. The van der Waals surface area contributed by atoms with E-state index in [1.54, 1.807) is 7.11 Å². The van der Waals surface area contributed by atoms with Gasteiger partial charge in [-0.25, -0.2) is 0 Å². The van der Waals surface area contributed by atoms with Crippen LogP contribution in [0, 0.1) is 18.3 Å². The number of piperidine rings is 1. The smallest absolute Gasteiger partial charge is 0.143 e. The molecular weight excluding hydrogens is 362 g/mol. The number of ketones is 1. The van der Waals surface area contributed by atoms with Gasteiger partial charge in [0, 0.05) is 30.6 Å². The van der Waals surface area contributed by atoms with E-state index in [0.717, 1.165) is 38.0 Å². The summed E-state index contributed by atoms with van der Waals surface area (Å²) in [6.45, 7) is 5.32. The highest BCUT2D eigenvalue weighted by Gasteiger charge is 2.79. The van der Waals surface area contributed by atoms with Crippen LogP contribution in [0.5, 0.6) is 5.75 Å². The van der Waals surface area contributed by atoms with Crippen LogP contribution in [0.4, 0.5) is 0 Å². The number of hydrogen-bond donors (Lipinski definition) is 0. The lowest BCUT2D eigenvalue weighted by Gasteiger charge is -2.70. The lowest BCUT2D eigenvalue weighted by molar-refractivity contribution is -0.213. The van der Waals surface area contributed by atoms with Gasteiger partial charge in [-0.3, -0.25) is 4.79 Å². The highest BCUT2D eigenvalue weighted by molar-refractivity contribution is 5.84. The number of aryl methyl sites for hydroxylation is 1. The summed E-state index contributed by atoms with van der Waals surface area (Å²) in [6, 6.07) is 4.99. The fourth-order valence-electron chi connectivity index (χ4n) is 8.04. The molecule has 0 amide bonds. The van der Waals surface area contributed by atoms with Crippen molar-refractivity contribution in [1.29, 1.82) is 0 Å². The van der Waals surface area contributed by atoms with E-state index < -0.39 is 5.60 Å². The molecule has 154 valence electrons. The van der Waals surface area contributed by atoms with E-state index in [0.29, 0.717) is 18.2 Å². The predicted molar refractivity (Wildman–Crippen MR) is 111 cm³/mol. The highest BCUT2D eigenvalue weighted by Crippen LogP contribution is 2.73. The lowest BCUT2D eigenvalue weighted by Crippen LogP contribution is -2.79. The standard InChI is InChI=1S/C25H31NO3/c1-5-6-18(27)17-14-23-7-8-25(17,28-4)22-24(23)9-10-26(3)20(23)13-16-11-15(2)12-19(29-22)21(16)24/h7-8,11-12,17,20,22H,5-6,9-10,13-14H2,1-4H3/t17-,20-,22-,23-,24+,25-/m1/s1. The highest BCUT2D eigenvalue weighted by atomic mass is 16.6. The number of rotatable bonds is 4. The Morgan fingerprint density at radius 3 is 2.93 bits per heavy atom. The van der Waals surface area contributed by atoms with Crippen LogP contribution in [-0.4, -0.2) is 49.1 Å². The zero-order valence-electron chi connectivity index (χ0n) is 18.0. The molecule has 7 rings (SSSR count). The van der Waals surface area contributed by atoms with Crippen LogP contribution in [0.15, 0.2) is 24.3 Å². The molecule has 4 bridgehead atoms. The van der Waals surface area contributed by atoms with Gasteiger partial charge < -0.3 is 14.4 Å². The van der Waals surface area contributed by atoms with Crippen molar-refractivity contribution >= 4 is 5.78 Å². The van der Waals surface area contributed by atoms with Gasteiger partial charge in [-0.15, -0.1) is 0 Å². The van der Waals surface area contributed by atoms with Gasteiger partial charge >= 0.3 is 0 Å². The van der Waals surface area contributed by atoms with Crippen molar-refractivity contribution in [3.05, 3.63) is 41.0 Å². The molecule has 4 aliphatic carbocycles. The predicted octanol–water partition coefficient (Wildman–Crippen LogP) is 3.58. The first-order valence-electron chi connectivity index (χ1n) is 11.2. The van der Waals surface area contributed by atoms with E-state index in [1.165, 1.54) is 16.7 Å². The molecule has 1 aromatic rings. The molecular formula is C25H31NO3. The molecule has 0 N–H and O–H groups in total. The number of Topliss-reactive ketones (excluding diaryl/α,β-unsaturated/α-hetero) is 1. The number of likely N-dealkylation sites (tertiary alicyclic amines) is 1. The van der Waals surface area contributed by atoms with Gasteiger partial charge in [0.15, 0.2) is 0 Å². The number of likely N-dealkylation sites (N-methyl/N-ethyl adjacent to an activating group) is 1. The number of carbonyl (C=O) groups excluding carboxylic acids is 1. The Labute approximate surface area is 173 Å². The summed E-state index contributed by atoms with van der Waals surface area (Å²) in [7, 11) is 4.04. The molecule has 0 unspecified atom stereocenters. The SMILES string of the molecule is CCCC(=O)[C@H]1C[C@@]23C=C[C@]1(OC)[C@@H]1Oc4cc(C)cc5c4[C@@]12CCN(C)[C@@H]3C5. The Morgan fingerprint density at radius 2 is 2.17 bits per heavy atom. The third kappa shape index (κ3) is 1.79. The second-order valence-corrected chi connectivity index (χ2v) is 10.1. The van der Waals surface area contributed by atoms with E-state index in [2.05, 4.69) is 50.1 Å². The van der Waals surface area contributed by atoms with Crippen LogP contribution in [0.25, 0.3) is 0 Å². The summed E-state index contributed by atoms with van der Waals surface area (Å²) in [6.07, 6.45) is 9.06. The van der Waals surface area contributed by atoms with Crippen molar-refractivity contribution in [2.75, 3.05) is 20.7 Å². The summed E-state index contributed by atoms with van der Waals surface area (Å²) in [5.74, 6) is 1.27. The molecule has 4 heteroatoms. The Bertz CT molecular complexity index is 954. The van der Waals surface area contributed by atoms with E-state index in [1.807, 2.05) is 0 Å². The largest absolute Gasteiger partial charge is 0.486 e. The first kappa shape index (κ1) is 18.1. The third-order valence-corrected chi connectivity index (χ3v) is 9.07. The average molecular weight is 394 g/mol. The van der Waals surface area contributed by atoms with Crippen molar-refractivity contribution < 1.29 is 14.3 Å². The van der Waals surface area contributed by atoms with E-state index >= 15 is 0 Å². The molecule has 1 saturated carbocycles. The Morgan fingerprint density at radius 1 is 1.34 bits per heavy atom. The zero-order chi connectivity index (χ0) is 20.2. The Kier molecular flexibility index (Phi) is 3.46. The van der Waals surface area contributed by atoms with Crippen molar-refractivity contribution in [3.8, 4) is 5.75 Å². The van der Waals surface area contributed by atoms with Gasteiger partial charge in [-0.1, -0.05) is 25.1 Å². The lowest BCUT2D eigenvalue weighted by atomic mass is 9.37. The van der Waals surface area contributed by atoms with Crippen LogP contribution >= 0.6 is 0 Å². The van der Waals surface area contributed by atoms with Gasteiger partial charge in [0.05, 0.1) is 11.3 Å². The van der Waals surface area contributed by atoms with Crippen LogP contribution in [-0.2, 0) is 21.4 Å². The number of ether oxygens (including phenoxy) is 2. The number of fused-ring (bicyclic) bond motifs is 1. The molecule has 2 heterocycles. The summed E-state index contributed by atoms with van der Waals surface area (Å²) < 4.78 is 13.1. The minimum Gasteiger partial charge on any atom is -0.486 e. The molecule has 4 nitrogen and oxygen atoms in total. The molecule has 0 radical (unpaired) electrons. The van der Waals surface area contributed by atoms with Gasteiger partial charge in [-0.2, -0.15) is 0 Å². The van der Waals surface area contributed by atoms with Crippen molar-refractivity contribution in [1.82, 2.24) is 4.90 Å². The molecule has 2 aliphatic heterocycles. The van der Waals surface area contributed by atoms with E-state index in [4.69, 9.17) is 9.47 Å². The van der Waals surface area contributed by atoms with Crippen molar-refractivity contribution in [2.45, 2.75) is 69.1 Å². The third-order valence-electron chi connectivity index (χ3n) is 9.07. The van der Waals surface area contributed by atoms with Crippen molar-refractivity contribution in [2.24, 2.45) is 11.3 Å². The van der Waals surface area contributed by atoms with Crippen molar-refractivity contribution in [3.63, 3.8) is 0 Å². The average Bonchev–Trinajstić information content (AvgIpc) is 3.05. The summed E-state index contributed by atoms with van der Waals surface area (Å²) in [5.41, 5.74) is 3.37. The maximum Gasteiger partial charge on any atom is 0.143 e. The van der Waals surface area contributed by atoms with Crippen LogP contribution in [0.3, 0.4) is 0 Å². The fourth-order valence-corrected chi connectivity index (χ4v) is 8.04. The first-order valence-corrected chi connectivity index (χ1v) is 11.2. The van der Waals surface area contributed by atoms with E-state index in [9.17, 15) is 4.79 Å². The second kappa shape index (κ2) is 5.53. The zero-order valence-corrected chi connectivity index (χ0v) is 18.0. The first-order chi connectivity index (χ1) is 13.9. The summed E-state index contributed by atoms with van der Waals surface area (Å²) in [5, 5.41) is 0. The topological polar surface area (TPSA) is 38.8 Å². The minimum atomic E-state index is -0.657. The molecule has 2 spiro atoms. The number of methoxy groups -OCH3 is 1. The molecule has 6 aliphatic rings. The van der Waals surface area contributed by atoms with Gasteiger partial charge in [0.1, 0.15) is 23.2 Å². The fraction of sp³-hybridized carbons (Fsp3) is 0.640. The number of carbonyl (C=O) groups is 1. The van der Waals surface area contributed by atoms with Gasteiger partial charge in [0.25, 0.3) is 0 Å². The number of benzene rings is 1. The maximum absolute atomic E-state index is 13.4. The van der Waals surface area contributed by atoms with Crippen LogP contribution in [0.1, 0.15) is 49.3 Å². The van der Waals surface area contributed by atoms with E-state index in [-0.39, 0.29) is 22.9 Å². The Balaban J connectivity index is 1.65. The van der Waals surface area contributed by atoms with Crippen LogP contribution < -0.4 is 4.74 Å². The second-order valence-electron chi connectivity index (χ2n) is 10.1. The summed E-state index contributed by atoms with van der Waals surface area (Å²) in [4.78, 5) is 15.9. The van der Waals surface area contributed by atoms with Gasteiger partial charge in [0.2, 0.25) is 0 Å². The normalized spacial score (nSPS) is 43.2. The van der Waals surface area contributed by atoms with Crippen LogP contribution in [0.2, 0.25) is 0 Å². The molecule has 2 fully saturated rings.